The summed E-state index contributed by atoms with van der Waals surface area (Å²) in [7, 11) is -3.55. The SMILES string of the molecule is CC(NS(=O)(=O)Cc1ccc(C(=O)O)cc1)c1ncc[nH]1. The number of aromatic nitrogens is 2. The van der Waals surface area contributed by atoms with Gasteiger partial charge in [-0.2, -0.15) is 0 Å². The summed E-state index contributed by atoms with van der Waals surface area (Å²) >= 11 is 0. The van der Waals surface area contributed by atoms with E-state index in [2.05, 4.69) is 14.7 Å². The Kier molecular flexibility index (Phi) is 4.39. The quantitative estimate of drug-likeness (QED) is 0.744. The first kappa shape index (κ1) is 15.2. The summed E-state index contributed by atoms with van der Waals surface area (Å²) in [6, 6.07) is 5.26. The molecule has 2 aromatic rings. The first-order chi connectivity index (χ1) is 9.87. The number of H-pyrrole nitrogens is 1. The number of nitrogens with zero attached hydrogens (tertiary/aromatic N) is 1. The van der Waals surface area contributed by atoms with Crippen molar-refractivity contribution >= 4 is 16.0 Å². The van der Waals surface area contributed by atoms with Gasteiger partial charge >= 0.3 is 5.97 Å². The minimum absolute atomic E-state index is 0.119. The van der Waals surface area contributed by atoms with Crippen LogP contribution in [0.25, 0.3) is 0 Å². The van der Waals surface area contributed by atoms with Gasteiger partial charge in [0, 0.05) is 12.4 Å². The van der Waals surface area contributed by atoms with E-state index < -0.39 is 22.0 Å². The van der Waals surface area contributed by atoms with Crippen LogP contribution in [0.4, 0.5) is 0 Å². The minimum Gasteiger partial charge on any atom is -0.478 e. The molecule has 112 valence electrons. The number of sulfonamides is 1. The number of nitrogens with one attached hydrogen (secondary N) is 2. The lowest BCUT2D eigenvalue weighted by atomic mass is 10.1. The van der Waals surface area contributed by atoms with Gasteiger partial charge in [0.25, 0.3) is 0 Å². The Bertz CT molecular complexity index is 708. The van der Waals surface area contributed by atoms with Crippen LogP contribution in [0.2, 0.25) is 0 Å². The van der Waals surface area contributed by atoms with E-state index in [1.165, 1.54) is 24.3 Å². The van der Waals surface area contributed by atoms with Gasteiger partial charge in [0.2, 0.25) is 10.0 Å². The normalized spacial score (nSPS) is 13.0. The molecule has 0 saturated carbocycles. The Morgan fingerprint density at radius 2 is 2.05 bits per heavy atom. The van der Waals surface area contributed by atoms with Crippen LogP contribution >= 0.6 is 0 Å². The summed E-state index contributed by atoms with van der Waals surface area (Å²) < 4.78 is 26.6. The molecular weight excluding hydrogens is 294 g/mol. The fourth-order valence-electron chi connectivity index (χ4n) is 1.84. The van der Waals surface area contributed by atoms with Gasteiger partial charge in [-0.15, -0.1) is 0 Å². The number of carboxylic acid groups (broad SMARTS) is 1. The maximum absolute atomic E-state index is 12.1. The second kappa shape index (κ2) is 6.06. The van der Waals surface area contributed by atoms with Gasteiger partial charge in [-0.05, 0) is 24.6 Å². The van der Waals surface area contributed by atoms with Crippen LogP contribution in [-0.2, 0) is 15.8 Å². The Morgan fingerprint density at radius 1 is 1.38 bits per heavy atom. The van der Waals surface area contributed by atoms with Crippen LogP contribution in [0.15, 0.2) is 36.7 Å². The van der Waals surface area contributed by atoms with E-state index in [0.717, 1.165) is 0 Å². The predicted octanol–water partition coefficient (Wildman–Crippen LogP) is 1.29. The van der Waals surface area contributed by atoms with Gasteiger partial charge in [-0.25, -0.2) is 22.9 Å². The van der Waals surface area contributed by atoms with Crippen molar-refractivity contribution in [1.29, 1.82) is 0 Å². The van der Waals surface area contributed by atoms with Gasteiger partial charge in [-0.3, -0.25) is 0 Å². The van der Waals surface area contributed by atoms with Gasteiger partial charge in [0.15, 0.2) is 0 Å². The number of hydrogen-bond acceptors (Lipinski definition) is 4. The standard InChI is InChI=1S/C13H15N3O4S/c1-9(12-14-6-7-15-12)16-21(19,20)8-10-2-4-11(5-3-10)13(17)18/h2-7,9,16H,8H2,1H3,(H,14,15)(H,17,18). The summed E-state index contributed by atoms with van der Waals surface area (Å²) in [6.07, 6.45) is 3.16. The molecule has 1 aromatic carbocycles. The molecule has 7 nitrogen and oxygen atoms in total. The van der Waals surface area contributed by atoms with Crippen molar-refractivity contribution in [2.75, 3.05) is 0 Å². The van der Waals surface area contributed by atoms with Crippen LogP contribution in [0.5, 0.6) is 0 Å². The monoisotopic (exact) mass is 309 g/mol. The molecule has 0 aliphatic rings. The molecule has 2 rings (SSSR count). The van der Waals surface area contributed by atoms with Crippen molar-refractivity contribution in [2.24, 2.45) is 0 Å². The Balaban J connectivity index is 2.05. The third-order valence-corrected chi connectivity index (χ3v) is 4.27. The Morgan fingerprint density at radius 3 is 2.57 bits per heavy atom. The molecule has 0 amide bonds. The van der Waals surface area contributed by atoms with Gasteiger partial charge in [0.1, 0.15) is 5.82 Å². The molecular formula is C13H15N3O4S. The topological polar surface area (TPSA) is 112 Å². The van der Waals surface area contributed by atoms with E-state index in [1.807, 2.05) is 0 Å². The average molecular weight is 309 g/mol. The number of rotatable bonds is 6. The number of hydrogen-bond donors (Lipinski definition) is 3. The number of aromatic amines is 1. The van der Waals surface area contributed by atoms with E-state index in [4.69, 9.17) is 5.11 Å². The fourth-order valence-corrected chi connectivity index (χ4v) is 3.21. The zero-order chi connectivity index (χ0) is 15.5. The summed E-state index contributed by atoms with van der Waals surface area (Å²) in [5.41, 5.74) is 0.632. The molecule has 21 heavy (non-hydrogen) atoms. The lowest BCUT2D eigenvalue weighted by Crippen LogP contribution is -2.28. The van der Waals surface area contributed by atoms with Crippen LogP contribution < -0.4 is 4.72 Å². The Hall–Kier alpha value is -2.19. The zero-order valence-corrected chi connectivity index (χ0v) is 12.1. The predicted molar refractivity (Wildman–Crippen MR) is 76.2 cm³/mol. The van der Waals surface area contributed by atoms with Gasteiger partial charge < -0.3 is 10.1 Å². The van der Waals surface area contributed by atoms with E-state index in [-0.39, 0.29) is 11.3 Å². The highest BCUT2D eigenvalue weighted by Gasteiger charge is 2.18. The molecule has 1 unspecified atom stereocenters. The van der Waals surface area contributed by atoms with E-state index >= 15 is 0 Å². The fraction of sp³-hybridized carbons (Fsp3) is 0.231. The summed E-state index contributed by atoms with van der Waals surface area (Å²) in [4.78, 5) is 17.6. The van der Waals surface area contributed by atoms with Crippen molar-refractivity contribution < 1.29 is 18.3 Å². The Labute approximate surface area is 122 Å². The molecule has 8 heteroatoms. The number of carbonyl (C=O) groups is 1. The van der Waals surface area contributed by atoms with Crippen LogP contribution in [-0.4, -0.2) is 29.5 Å². The number of imidazole rings is 1. The van der Waals surface area contributed by atoms with Crippen molar-refractivity contribution in [3.63, 3.8) is 0 Å². The minimum atomic E-state index is -3.55. The highest BCUT2D eigenvalue weighted by atomic mass is 32.2. The molecule has 1 aromatic heterocycles. The van der Waals surface area contributed by atoms with Gasteiger partial charge in [-0.1, -0.05) is 12.1 Å². The maximum Gasteiger partial charge on any atom is 0.335 e. The third-order valence-electron chi connectivity index (χ3n) is 2.84. The lowest BCUT2D eigenvalue weighted by molar-refractivity contribution is 0.0697. The maximum atomic E-state index is 12.1. The van der Waals surface area contributed by atoms with E-state index in [0.29, 0.717) is 11.4 Å². The lowest BCUT2D eigenvalue weighted by Gasteiger charge is -2.12. The summed E-state index contributed by atoms with van der Waals surface area (Å²) in [6.45, 7) is 1.68. The molecule has 0 fully saturated rings. The van der Waals surface area contributed by atoms with Crippen molar-refractivity contribution in [3.05, 3.63) is 53.6 Å². The molecule has 1 atom stereocenters. The molecule has 0 aliphatic heterocycles. The largest absolute Gasteiger partial charge is 0.478 e. The summed E-state index contributed by atoms with van der Waals surface area (Å²) in [5.74, 6) is -0.744. The first-order valence-electron chi connectivity index (χ1n) is 6.19. The molecule has 0 saturated heterocycles. The second-order valence-corrected chi connectivity index (χ2v) is 6.33. The van der Waals surface area contributed by atoms with E-state index in [9.17, 15) is 13.2 Å². The smallest absolute Gasteiger partial charge is 0.335 e. The van der Waals surface area contributed by atoms with Crippen molar-refractivity contribution in [1.82, 2.24) is 14.7 Å². The average Bonchev–Trinajstić information content (AvgIpc) is 2.92. The second-order valence-electron chi connectivity index (χ2n) is 4.58. The highest BCUT2D eigenvalue weighted by molar-refractivity contribution is 7.88. The third kappa shape index (κ3) is 4.14. The summed E-state index contributed by atoms with van der Waals surface area (Å²) in [5, 5.41) is 8.79. The van der Waals surface area contributed by atoms with Crippen molar-refractivity contribution in [2.45, 2.75) is 18.7 Å². The molecule has 1 heterocycles. The van der Waals surface area contributed by atoms with Crippen LogP contribution in [0.1, 0.15) is 34.7 Å². The molecule has 0 spiro atoms. The number of carboxylic acids is 1. The highest BCUT2D eigenvalue weighted by Crippen LogP contribution is 2.12. The molecule has 0 radical (unpaired) electrons. The molecule has 3 N–H and O–H groups in total. The molecule has 0 aliphatic carbocycles. The zero-order valence-electron chi connectivity index (χ0n) is 11.3. The van der Waals surface area contributed by atoms with E-state index in [1.54, 1.807) is 19.3 Å². The molecule has 0 bridgehead atoms. The van der Waals surface area contributed by atoms with Gasteiger partial charge in [0.05, 0.1) is 17.4 Å². The van der Waals surface area contributed by atoms with Crippen molar-refractivity contribution in [3.8, 4) is 0 Å². The number of aromatic carboxylic acids is 1. The first-order valence-corrected chi connectivity index (χ1v) is 7.84. The van der Waals surface area contributed by atoms with Crippen LogP contribution in [0.3, 0.4) is 0 Å². The van der Waals surface area contributed by atoms with Crippen LogP contribution in [0, 0.1) is 0 Å². The number of benzene rings is 1.